The minimum absolute atomic E-state index is 0.160. The quantitative estimate of drug-likeness (QED) is 0.336. The zero-order valence-corrected chi connectivity index (χ0v) is 23.2. The van der Waals surface area contributed by atoms with E-state index in [1.54, 1.807) is 38.1 Å². The Morgan fingerprint density at radius 3 is 2.48 bits per heavy atom. The highest BCUT2D eigenvalue weighted by Crippen LogP contribution is 2.48. The molecule has 0 fully saturated rings. The highest BCUT2D eigenvalue weighted by molar-refractivity contribution is 8.00. The number of aromatic nitrogens is 2. The number of halogens is 1. The highest BCUT2D eigenvalue weighted by atomic mass is 32.2. The molecule has 0 unspecified atom stereocenters. The standard InChI is InChI=1S/C30H29FN4O4S/c1-34-30-27(28(33-34)20-7-5-4-6-8-20)29(21-11-14-23(38-2)24(15-21)39-3)40-18-26(37)35(30)17-25(36)32-16-19-9-12-22(31)13-10-19/h4-15,29H,16-18H2,1-3H3,(H,32,36)/t29-/m0/s1. The zero-order chi connectivity index (χ0) is 28.2. The van der Waals surface area contributed by atoms with Crippen molar-refractivity contribution in [2.24, 2.45) is 7.05 Å². The summed E-state index contributed by atoms with van der Waals surface area (Å²) in [6.45, 7) is 0.0394. The number of carbonyl (C=O) groups is 2. The molecule has 2 amide bonds. The predicted octanol–water partition coefficient (Wildman–Crippen LogP) is 4.73. The Morgan fingerprint density at radius 1 is 1.05 bits per heavy atom. The molecule has 0 spiro atoms. The topological polar surface area (TPSA) is 85.7 Å². The summed E-state index contributed by atoms with van der Waals surface area (Å²) >= 11 is 1.48. The molecule has 1 aromatic heterocycles. The molecule has 0 saturated carbocycles. The number of hydrogen-bond acceptors (Lipinski definition) is 6. The number of nitrogens with one attached hydrogen (secondary N) is 1. The van der Waals surface area contributed by atoms with Crippen LogP contribution in [0.25, 0.3) is 11.3 Å². The van der Waals surface area contributed by atoms with E-state index in [1.165, 1.54) is 28.8 Å². The van der Waals surface area contributed by atoms with E-state index in [0.717, 1.165) is 27.9 Å². The number of hydrogen-bond donors (Lipinski definition) is 1. The van der Waals surface area contributed by atoms with Gasteiger partial charge in [0.2, 0.25) is 11.8 Å². The Bertz CT molecular complexity index is 1520. The van der Waals surface area contributed by atoms with Gasteiger partial charge in [0.15, 0.2) is 11.5 Å². The van der Waals surface area contributed by atoms with Gasteiger partial charge in [0, 0.05) is 24.7 Å². The van der Waals surface area contributed by atoms with Gasteiger partial charge in [-0.1, -0.05) is 48.5 Å². The van der Waals surface area contributed by atoms with Gasteiger partial charge in [0.1, 0.15) is 18.2 Å². The van der Waals surface area contributed by atoms with E-state index in [9.17, 15) is 14.0 Å². The minimum Gasteiger partial charge on any atom is -0.493 e. The summed E-state index contributed by atoms with van der Waals surface area (Å²) < 4.78 is 25.9. The van der Waals surface area contributed by atoms with Crippen molar-refractivity contribution in [3.63, 3.8) is 0 Å². The number of fused-ring (bicyclic) bond motifs is 1. The van der Waals surface area contributed by atoms with Crippen LogP contribution in [0.5, 0.6) is 11.5 Å². The maximum Gasteiger partial charge on any atom is 0.240 e. The Labute approximate surface area is 236 Å². The molecule has 0 radical (unpaired) electrons. The van der Waals surface area contributed by atoms with Crippen molar-refractivity contribution in [1.29, 1.82) is 0 Å². The van der Waals surface area contributed by atoms with Gasteiger partial charge in [-0.3, -0.25) is 19.2 Å². The van der Waals surface area contributed by atoms with Crippen LogP contribution in [0.1, 0.15) is 21.9 Å². The van der Waals surface area contributed by atoms with E-state index < -0.39 is 0 Å². The molecule has 1 N–H and O–H groups in total. The molecule has 8 nitrogen and oxygen atoms in total. The predicted molar refractivity (Wildman–Crippen MR) is 153 cm³/mol. The van der Waals surface area contributed by atoms with Crippen molar-refractivity contribution in [2.75, 3.05) is 31.4 Å². The van der Waals surface area contributed by atoms with Gasteiger partial charge in [0.25, 0.3) is 0 Å². The third-order valence-corrected chi connectivity index (χ3v) is 7.96. The molecular weight excluding hydrogens is 531 g/mol. The molecule has 3 aromatic carbocycles. The van der Waals surface area contributed by atoms with Crippen LogP contribution < -0.4 is 19.7 Å². The summed E-state index contributed by atoms with van der Waals surface area (Å²) in [5.41, 5.74) is 4.15. The molecule has 0 aliphatic carbocycles. The average molecular weight is 561 g/mol. The van der Waals surface area contributed by atoms with E-state index in [4.69, 9.17) is 14.6 Å². The number of ether oxygens (including phenoxy) is 2. The number of carbonyl (C=O) groups excluding carboxylic acids is 2. The first kappa shape index (κ1) is 27.3. The average Bonchev–Trinajstić information content (AvgIpc) is 3.24. The molecule has 10 heteroatoms. The summed E-state index contributed by atoms with van der Waals surface area (Å²) in [4.78, 5) is 28.1. The van der Waals surface area contributed by atoms with Crippen LogP contribution in [0.4, 0.5) is 10.2 Å². The molecule has 40 heavy (non-hydrogen) atoms. The van der Waals surface area contributed by atoms with Crippen LogP contribution in [0.2, 0.25) is 0 Å². The Balaban J connectivity index is 1.54. The summed E-state index contributed by atoms with van der Waals surface area (Å²) in [5.74, 6) is 1.03. The van der Waals surface area contributed by atoms with Crippen molar-refractivity contribution >= 4 is 29.4 Å². The number of anilines is 1. The normalized spacial score (nSPS) is 14.8. The first-order chi connectivity index (χ1) is 19.4. The van der Waals surface area contributed by atoms with Crippen molar-refractivity contribution in [3.8, 4) is 22.8 Å². The Hall–Kier alpha value is -4.31. The van der Waals surface area contributed by atoms with E-state index in [0.29, 0.717) is 17.3 Å². The van der Waals surface area contributed by atoms with Gasteiger partial charge in [0.05, 0.1) is 30.9 Å². The molecule has 5 rings (SSSR count). The van der Waals surface area contributed by atoms with Crippen LogP contribution in [0.15, 0.2) is 72.8 Å². The van der Waals surface area contributed by atoms with Crippen molar-refractivity contribution < 1.29 is 23.5 Å². The molecule has 4 aromatic rings. The molecule has 1 aliphatic heterocycles. The van der Waals surface area contributed by atoms with Crippen LogP contribution in [-0.4, -0.2) is 48.1 Å². The highest BCUT2D eigenvalue weighted by Gasteiger charge is 2.37. The number of aryl methyl sites for hydroxylation is 1. The fourth-order valence-electron chi connectivity index (χ4n) is 4.78. The molecule has 1 atom stereocenters. The number of nitrogens with zero attached hydrogens (tertiary/aromatic N) is 3. The van der Waals surface area contributed by atoms with E-state index in [2.05, 4.69) is 5.32 Å². The second kappa shape index (κ2) is 11.8. The summed E-state index contributed by atoms with van der Waals surface area (Å²) in [7, 11) is 4.95. The van der Waals surface area contributed by atoms with E-state index in [-0.39, 0.29) is 41.7 Å². The van der Waals surface area contributed by atoms with Gasteiger partial charge in [-0.15, -0.1) is 11.8 Å². The summed E-state index contributed by atoms with van der Waals surface area (Å²) in [6.07, 6.45) is 0. The van der Waals surface area contributed by atoms with E-state index in [1.807, 2.05) is 48.5 Å². The second-order valence-electron chi connectivity index (χ2n) is 9.26. The third kappa shape index (κ3) is 5.53. The summed E-state index contributed by atoms with van der Waals surface area (Å²) in [5, 5.41) is 7.41. The van der Waals surface area contributed by atoms with Gasteiger partial charge in [-0.25, -0.2) is 4.39 Å². The van der Waals surface area contributed by atoms with Crippen molar-refractivity contribution in [2.45, 2.75) is 11.8 Å². The van der Waals surface area contributed by atoms with Gasteiger partial charge in [-0.2, -0.15) is 5.10 Å². The second-order valence-corrected chi connectivity index (χ2v) is 10.4. The molecule has 1 aliphatic rings. The number of benzene rings is 3. The monoisotopic (exact) mass is 560 g/mol. The Morgan fingerprint density at radius 2 is 1.77 bits per heavy atom. The number of thioether (sulfide) groups is 1. The van der Waals surface area contributed by atoms with Crippen molar-refractivity contribution in [1.82, 2.24) is 15.1 Å². The Kier molecular flexibility index (Phi) is 8.06. The fraction of sp³-hybridized carbons (Fsp3) is 0.233. The lowest BCUT2D eigenvalue weighted by atomic mass is 9.99. The molecular formula is C30H29FN4O4S. The first-order valence-electron chi connectivity index (χ1n) is 12.7. The third-order valence-electron chi connectivity index (χ3n) is 6.71. The number of amides is 2. The van der Waals surface area contributed by atoms with Gasteiger partial charge >= 0.3 is 0 Å². The number of rotatable bonds is 8. The fourth-order valence-corrected chi connectivity index (χ4v) is 5.97. The van der Waals surface area contributed by atoms with Gasteiger partial charge < -0.3 is 14.8 Å². The smallest absolute Gasteiger partial charge is 0.240 e. The minimum atomic E-state index is -0.343. The molecule has 206 valence electrons. The molecule has 0 bridgehead atoms. The lowest BCUT2D eigenvalue weighted by molar-refractivity contribution is -0.123. The van der Waals surface area contributed by atoms with Crippen molar-refractivity contribution in [3.05, 3.63) is 95.3 Å². The van der Waals surface area contributed by atoms with Crippen LogP contribution >= 0.6 is 11.8 Å². The number of methoxy groups -OCH3 is 2. The molecule has 0 saturated heterocycles. The lowest BCUT2D eigenvalue weighted by Gasteiger charge is -2.22. The van der Waals surface area contributed by atoms with E-state index >= 15 is 0 Å². The first-order valence-corrected chi connectivity index (χ1v) is 13.7. The maximum absolute atomic E-state index is 13.5. The van der Waals surface area contributed by atoms with Crippen LogP contribution in [0.3, 0.4) is 0 Å². The SMILES string of the molecule is COc1ccc([C@@H]2SCC(=O)N(CC(=O)NCc3ccc(F)cc3)c3c2c(-c2ccccc2)nn3C)cc1OC. The summed E-state index contributed by atoms with van der Waals surface area (Å²) in [6, 6.07) is 21.4. The molecule has 2 heterocycles. The largest absolute Gasteiger partial charge is 0.493 e. The van der Waals surface area contributed by atoms with Crippen LogP contribution in [-0.2, 0) is 23.2 Å². The zero-order valence-electron chi connectivity index (χ0n) is 22.4. The van der Waals surface area contributed by atoms with Crippen LogP contribution in [0, 0.1) is 5.82 Å². The lowest BCUT2D eigenvalue weighted by Crippen LogP contribution is -2.42. The van der Waals surface area contributed by atoms with Gasteiger partial charge in [-0.05, 0) is 35.4 Å². The maximum atomic E-state index is 13.5.